The number of rotatable bonds is 7. The second kappa shape index (κ2) is 9.13. The lowest BCUT2D eigenvalue weighted by molar-refractivity contribution is -0.619. The quantitative estimate of drug-likeness (QED) is 0.352. The molecule has 1 amide bonds. The number of methoxy groups -OCH3 is 1. The van der Waals surface area contributed by atoms with Gasteiger partial charge in [-0.05, 0) is 24.6 Å². The van der Waals surface area contributed by atoms with Crippen LogP contribution in [0.4, 0.5) is 8.78 Å². The topological polar surface area (TPSA) is 152 Å². The van der Waals surface area contributed by atoms with Crippen LogP contribution in [0, 0.1) is 16.8 Å². The Morgan fingerprint density at radius 2 is 1.94 bits per heavy atom. The number of sulfonamides is 1. The zero-order valence-electron chi connectivity index (χ0n) is 18.5. The number of fused-ring (bicyclic) bond motifs is 3. The van der Waals surface area contributed by atoms with E-state index in [4.69, 9.17) is 4.74 Å². The normalized spacial score (nSPS) is 12.8. The number of imidazole rings is 1. The number of nitrogens with zero attached hydrogens (tertiary/aromatic N) is 3. The average molecular weight is 507 g/mol. The minimum atomic E-state index is -4.93. The molecule has 0 aliphatic rings. The van der Waals surface area contributed by atoms with Crippen molar-refractivity contribution in [1.29, 1.82) is 0 Å². The molecule has 3 aromatic heterocycles. The molecule has 4 rings (SSSR count). The van der Waals surface area contributed by atoms with Crippen LogP contribution in [-0.4, -0.2) is 41.0 Å². The number of benzene rings is 1. The van der Waals surface area contributed by atoms with E-state index in [9.17, 15) is 32.0 Å². The van der Waals surface area contributed by atoms with Crippen molar-refractivity contribution in [3.05, 3.63) is 63.4 Å². The first-order valence-corrected chi connectivity index (χ1v) is 11.8. The Labute approximate surface area is 196 Å². The Balaban J connectivity index is 1.80. The van der Waals surface area contributed by atoms with E-state index in [0.717, 1.165) is 4.57 Å². The molecule has 11 nitrogen and oxygen atoms in total. The van der Waals surface area contributed by atoms with Gasteiger partial charge in [0.1, 0.15) is 16.5 Å². The van der Waals surface area contributed by atoms with Crippen molar-refractivity contribution in [2.75, 3.05) is 7.11 Å². The van der Waals surface area contributed by atoms with Gasteiger partial charge in [0, 0.05) is 17.0 Å². The third-order valence-electron chi connectivity index (χ3n) is 5.33. The Kier molecular flexibility index (Phi) is 6.36. The summed E-state index contributed by atoms with van der Waals surface area (Å²) in [5.41, 5.74) is -0.533. The van der Waals surface area contributed by atoms with Gasteiger partial charge in [0.15, 0.2) is 5.65 Å². The molecule has 0 radical (unpaired) electrons. The number of pyridine rings is 2. The van der Waals surface area contributed by atoms with Crippen molar-refractivity contribution in [1.82, 2.24) is 19.5 Å². The number of aromatic nitrogens is 4. The maximum absolute atomic E-state index is 14.9. The van der Waals surface area contributed by atoms with Gasteiger partial charge >= 0.3 is 21.6 Å². The summed E-state index contributed by atoms with van der Waals surface area (Å²) in [5.74, 6) is -3.51. The molecule has 3 heterocycles. The summed E-state index contributed by atoms with van der Waals surface area (Å²) < 4.78 is 59.1. The maximum Gasteiger partial charge on any atom is 0.332 e. The molecule has 0 saturated carbocycles. The molecule has 1 aromatic carbocycles. The number of quaternary nitrogens is 1. The molecule has 4 aromatic rings. The van der Waals surface area contributed by atoms with Crippen LogP contribution in [0.15, 0.2) is 40.2 Å². The summed E-state index contributed by atoms with van der Waals surface area (Å²) in [4.78, 5) is 34.2. The number of halogens is 2. The highest BCUT2D eigenvalue weighted by Crippen LogP contribution is 2.25. The van der Waals surface area contributed by atoms with E-state index in [1.807, 2.05) is 0 Å². The number of H-pyrrole nitrogens is 1. The molecular weight excluding hydrogens is 488 g/mol. The average Bonchev–Trinajstić information content (AvgIpc) is 3.15. The van der Waals surface area contributed by atoms with Crippen molar-refractivity contribution in [2.45, 2.75) is 31.2 Å². The number of ether oxygens (including phenoxy) is 1. The first kappa shape index (κ1) is 24.4. The lowest BCUT2D eigenvalue weighted by atomic mass is 10.2. The van der Waals surface area contributed by atoms with Crippen LogP contribution in [-0.2, 0) is 21.4 Å². The molecule has 184 valence electrons. The smallest absolute Gasteiger partial charge is 0.332 e. The van der Waals surface area contributed by atoms with E-state index in [1.165, 1.54) is 19.4 Å². The fourth-order valence-corrected chi connectivity index (χ4v) is 4.74. The first-order valence-electron chi connectivity index (χ1n) is 10.3. The molecular formula is C21H19F2N5O6S. The summed E-state index contributed by atoms with van der Waals surface area (Å²) in [5, 5.41) is 12.4. The number of nitrogens with one attached hydrogen (secondary N) is 2. The number of hydrogen-bond donors (Lipinski definition) is 2. The third kappa shape index (κ3) is 4.26. The van der Waals surface area contributed by atoms with Crippen molar-refractivity contribution in [3.8, 4) is 5.88 Å². The molecule has 1 unspecified atom stereocenters. The molecule has 2 N–H and O–H groups in total. The van der Waals surface area contributed by atoms with Gasteiger partial charge in [0.2, 0.25) is 5.88 Å². The van der Waals surface area contributed by atoms with Crippen molar-refractivity contribution < 1.29 is 31.2 Å². The van der Waals surface area contributed by atoms with Gasteiger partial charge in [-0.3, -0.25) is 4.57 Å². The highest BCUT2D eigenvalue weighted by atomic mass is 32.2. The van der Waals surface area contributed by atoms with Gasteiger partial charge in [-0.15, -0.1) is 0 Å². The molecule has 35 heavy (non-hydrogen) atoms. The summed E-state index contributed by atoms with van der Waals surface area (Å²) in [6.07, 6.45) is 1.26. The minimum Gasteiger partial charge on any atom is -0.610 e. The second-order valence-electron chi connectivity index (χ2n) is 7.59. The fraction of sp³-hybridized carbons (Fsp3) is 0.238. The Hall–Kier alpha value is -3.75. The highest BCUT2D eigenvalue weighted by molar-refractivity contribution is 7.85. The van der Waals surface area contributed by atoms with E-state index in [-0.39, 0.29) is 35.4 Å². The Morgan fingerprint density at radius 1 is 1.26 bits per heavy atom. The van der Waals surface area contributed by atoms with Gasteiger partial charge in [-0.2, -0.15) is 17.9 Å². The summed E-state index contributed by atoms with van der Waals surface area (Å²) >= 11 is 0. The monoisotopic (exact) mass is 507 g/mol. The van der Waals surface area contributed by atoms with Crippen LogP contribution in [0.2, 0.25) is 0 Å². The van der Waals surface area contributed by atoms with Gasteiger partial charge in [0.25, 0.3) is 0 Å². The predicted octanol–water partition coefficient (Wildman–Crippen LogP) is 1.01. The molecule has 0 aliphatic carbocycles. The van der Waals surface area contributed by atoms with Crippen LogP contribution in [0.25, 0.3) is 22.1 Å². The van der Waals surface area contributed by atoms with Gasteiger partial charge in [-0.25, -0.2) is 23.4 Å². The number of carbonyl (C=O) groups excluding carboxylic acids is 1. The van der Waals surface area contributed by atoms with E-state index in [0.29, 0.717) is 17.5 Å². The summed E-state index contributed by atoms with van der Waals surface area (Å²) in [6.45, 7) is 0.967. The van der Waals surface area contributed by atoms with E-state index in [1.54, 1.807) is 13.0 Å². The Bertz CT molecular complexity index is 1610. The first-order chi connectivity index (χ1) is 16.6. The molecule has 0 bridgehead atoms. The van der Waals surface area contributed by atoms with Gasteiger partial charge in [0.05, 0.1) is 37.3 Å². The van der Waals surface area contributed by atoms with E-state index < -0.39 is 54.7 Å². The number of hydrogen-bond acceptors (Lipinski definition) is 8. The van der Waals surface area contributed by atoms with Gasteiger partial charge < -0.3 is 14.9 Å². The largest absolute Gasteiger partial charge is 0.610 e. The van der Waals surface area contributed by atoms with Gasteiger partial charge in [-0.1, -0.05) is 6.92 Å². The second-order valence-corrected chi connectivity index (χ2v) is 9.44. The Morgan fingerprint density at radius 3 is 2.57 bits per heavy atom. The maximum atomic E-state index is 14.9. The van der Waals surface area contributed by atoms with Crippen LogP contribution >= 0.6 is 0 Å². The predicted molar refractivity (Wildman–Crippen MR) is 119 cm³/mol. The third-order valence-corrected chi connectivity index (χ3v) is 6.90. The van der Waals surface area contributed by atoms with Crippen molar-refractivity contribution >= 4 is 38.0 Å². The van der Waals surface area contributed by atoms with Crippen LogP contribution in [0.3, 0.4) is 0 Å². The minimum absolute atomic E-state index is 0.224. The SMILES string of the molecule is CCCC(=O)[NH+]([O-])S(=O)(=O)c1cc(F)c(Cn2c(=O)[nH]c3cnc4nc(OC)ccc4c32)c(F)c1. The molecule has 14 heteroatoms. The number of aromatic amines is 1. The number of carbonyl (C=O) groups is 1. The van der Waals surface area contributed by atoms with Crippen LogP contribution < -0.4 is 14.9 Å². The fourth-order valence-electron chi connectivity index (χ4n) is 3.61. The molecule has 0 saturated heterocycles. The number of amides is 1. The lowest BCUT2D eigenvalue weighted by Crippen LogP contribution is -3.11. The van der Waals surface area contributed by atoms with E-state index in [2.05, 4.69) is 15.0 Å². The zero-order valence-corrected chi connectivity index (χ0v) is 19.3. The summed E-state index contributed by atoms with van der Waals surface area (Å²) in [6, 6.07) is 4.03. The standard InChI is InChI=1S/C21H19F2N5O6S/c1-3-4-18(29)28(31)35(32,33)11-7-14(22)13(15(23)8-11)10-27-19-12-5-6-17(34-2)26-20(12)24-9-16(19)25-21(27)30/h5-9,28H,3-4,10H2,1-2H3,(H,25,30). The lowest BCUT2D eigenvalue weighted by Gasteiger charge is -2.19. The molecule has 1 atom stereocenters. The summed E-state index contributed by atoms with van der Waals surface area (Å²) in [7, 11) is -3.52. The van der Waals surface area contributed by atoms with Crippen LogP contribution in [0.5, 0.6) is 5.88 Å². The van der Waals surface area contributed by atoms with E-state index >= 15 is 0 Å². The molecule has 0 fully saturated rings. The van der Waals surface area contributed by atoms with Crippen molar-refractivity contribution in [2.24, 2.45) is 0 Å². The van der Waals surface area contributed by atoms with Crippen molar-refractivity contribution in [3.63, 3.8) is 0 Å². The zero-order chi connectivity index (χ0) is 25.5. The molecule has 0 aliphatic heterocycles. The highest BCUT2D eigenvalue weighted by Gasteiger charge is 2.30. The number of hydroxylamine groups is 1. The molecule has 0 spiro atoms. The van der Waals surface area contributed by atoms with Crippen LogP contribution in [0.1, 0.15) is 25.3 Å².